The molecule has 0 saturated carbocycles. The van der Waals surface area contributed by atoms with Crippen LogP contribution in [0.1, 0.15) is 0 Å². The lowest BCUT2D eigenvalue weighted by Crippen LogP contribution is -1.96. The Labute approximate surface area is 258 Å². The van der Waals surface area contributed by atoms with Gasteiger partial charge in [-0.1, -0.05) is 97.1 Å². The first-order valence-corrected chi connectivity index (χ1v) is 15.3. The molecule has 0 fully saturated rings. The molecule has 0 atom stereocenters. The molecule has 0 radical (unpaired) electrons. The summed E-state index contributed by atoms with van der Waals surface area (Å²) in [5.41, 5.74) is 8.43. The highest BCUT2D eigenvalue weighted by Crippen LogP contribution is 2.39. The molecule has 2 heterocycles. The minimum atomic E-state index is -0.264. The van der Waals surface area contributed by atoms with Crippen molar-refractivity contribution in [2.45, 2.75) is 0 Å². The molecule has 0 aliphatic carbocycles. The largest absolute Gasteiger partial charge is 0.228 e. The first-order valence-electron chi connectivity index (χ1n) is 14.5. The predicted molar refractivity (Wildman–Crippen MR) is 182 cm³/mol. The molecular formula is C40H25FN2S. The summed E-state index contributed by atoms with van der Waals surface area (Å²) in [6, 6.07) is 50.7. The van der Waals surface area contributed by atoms with Crippen LogP contribution in [0.5, 0.6) is 0 Å². The van der Waals surface area contributed by atoms with E-state index in [9.17, 15) is 4.39 Å². The van der Waals surface area contributed by atoms with Gasteiger partial charge in [-0.25, -0.2) is 14.4 Å². The maximum absolute atomic E-state index is 14.4. The Bertz CT molecular complexity index is 2230. The van der Waals surface area contributed by atoms with E-state index in [1.54, 1.807) is 12.1 Å². The summed E-state index contributed by atoms with van der Waals surface area (Å²) < 4.78 is 17.0. The highest BCUT2D eigenvalue weighted by atomic mass is 32.1. The highest BCUT2D eigenvalue weighted by Gasteiger charge is 2.14. The van der Waals surface area contributed by atoms with Gasteiger partial charge >= 0.3 is 0 Å². The van der Waals surface area contributed by atoms with E-state index in [2.05, 4.69) is 72.8 Å². The standard InChI is InChI=1S/C40H25FN2S/c41-33-15-9-14-28(23-33)30-20-31(29-18-19-39-35(24-29)34-16-7-8-17-38(34)44-39)22-32(21-30)37-25-36(26-10-3-1-4-11-26)42-40(43-37)27-12-5-2-6-13-27/h1-25H. The normalized spacial score (nSPS) is 11.3. The van der Waals surface area contributed by atoms with Crippen molar-refractivity contribution in [1.29, 1.82) is 0 Å². The Morgan fingerprint density at radius 1 is 0.386 bits per heavy atom. The summed E-state index contributed by atoms with van der Waals surface area (Å²) in [6.07, 6.45) is 0. The fourth-order valence-corrected chi connectivity index (χ4v) is 6.84. The van der Waals surface area contributed by atoms with Gasteiger partial charge in [-0.05, 0) is 76.9 Å². The molecule has 44 heavy (non-hydrogen) atoms. The van der Waals surface area contributed by atoms with E-state index in [0.717, 1.165) is 50.3 Å². The van der Waals surface area contributed by atoms with Crippen LogP contribution in [0.25, 0.3) is 76.3 Å². The zero-order valence-electron chi connectivity index (χ0n) is 23.6. The first kappa shape index (κ1) is 26.2. The zero-order chi connectivity index (χ0) is 29.5. The third kappa shape index (κ3) is 4.96. The minimum Gasteiger partial charge on any atom is -0.228 e. The lowest BCUT2D eigenvalue weighted by molar-refractivity contribution is 0.628. The van der Waals surface area contributed by atoms with Crippen molar-refractivity contribution < 1.29 is 4.39 Å². The second-order valence-corrected chi connectivity index (χ2v) is 11.9. The number of hydrogen-bond acceptors (Lipinski definition) is 3. The fraction of sp³-hybridized carbons (Fsp3) is 0. The number of nitrogens with zero attached hydrogens (tertiary/aromatic N) is 2. The van der Waals surface area contributed by atoms with Crippen LogP contribution in [-0.2, 0) is 0 Å². The van der Waals surface area contributed by atoms with Gasteiger partial charge in [-0.15, -0.1) is 11.3 Å². The maximum Gasteiger partial charge on any atom is 0.160 e. The Kier molecular flexibility index (Phi) is 6.55. The highest BCUT2D eigenvalue weighted by molar-refractivity contribution is 7.25. The van der Waals surface area contributed by atoms with Crippen molar-refractivity contribution in [3.05, 3.63) is 157 Å². The Balaban J connectivity index is 1.36. The fourth-order valence-electron chi connectivity index (χ4n) is 5.75. The van der Waals surface area contributed by atoms with Crippen LogP contribution >= 0.6 is 11.3 Å². The molecule has 2 nitrogen and oxygen atoms in total. The van der Waals surface area contributed by atoms with E-state index < -0.39 is 0 Å². The number of rotatable bonds is 5. The molecular weight excluding hydrogens is 560 g/mol. The van der Waals surface area contributed by atoms with Crippen LogP contribution in [0, 0.1) is 5.82 Å². The second-order valence-electron chi connectivity index (χ2n) is 10.8. The molecule has 0 aliphatic rings. The molecule has 0 bridgehead atoms. The molecule has 0 N–H and O–H groups in total. The van der Waals surface area contributed by atoms with Crippen molar-refractivity contribution in [2.75, 3.05) is 0 Å². The van der Waals surface area contributed by atoms with E-state index in [-0.39, 0.29) is 5.82 Å². The van der Waals surface area contributed by atoms with Gasteiger partial charge in [-0.3, -0.25) is 0 Å². The number of aromatic nitrogens is 2. The van der Waals surface area contributed by atoms with Gasteiger partial charge in [0, 0.05) is 36.9 Å². The van der Waals surface area contributed by atoms with Crippen molar-refractivity contribution in [1.82, 2.24) is 9.97 Å². The van der Waals surface area contributed by atoms with Crippen LogP contribution in [-0.4, -0.2) is 9.97 Å². The number of hydrogen-bond donors (Lipinski definition) is 0. The SMILES string of the molecule is Fc1cccc(-c2cc(-c3ccc4sc5ccccc5c4c3)cc(-c3cc(-c4ccccc4)nc(-c4ccccc4)n3)c2)c1. The number of halogens is 1. The van der Waals surface area contributed by atoms with Gasteiger partial charge in [0.15, 0.2) is 5.82 Å². The summed E-state index contributed by atoms with van der Waals surface area (Å²) in [7, 11) is 0. The van der Waals surface area contributed by atoms with E-state index in [0.29, 0.717) is 5.82 Å². The molecule has 0 spiro atoms. The first-order chi connectivity index (χ1) is 21.7. The summed E-state index contributed by atoms with van der Waals surface area (Å²) in [5, 5.41) is 2.49. The van der Waals surface area contributed by atoms with E-state index in [1.807, 2.05) is 72.0 Å². The molecule has 8 rings (SSSR count). The van der Waals surface area contributed by atoms with Crippen LogP contribution < -0.4 is 0 Å². The van der Waals surface area contributed by atoms with Crippen molar-refractivity contribution >= 4 is 31.5 Å². The van der Waals surface area contributed by atoms with Gasteiger partial charge in [0.05, 0.1) is 11.4 Å². The molecule has 0 saturated heterocycles. The summed E-state index contributed by atoms with van der Waals surface area (Å²) in [5.74, 6) is 0.395. The molecule has 208 valence electrons. The average Bonchev–Trinajstić information content (AvgIpc) is 3.47. The van der Waals surface area contributed by atoms with Crippen molar-refractivity contribution in [3.63, 3.8) is 0 Å². The third-order valence-corrected chi connectivity index (χ3v) is 9.08. The second kappa shape index (κ2) is 11.0. The summed E-state index contributed by atoms with van der Waals surface area (Å²) in [6.45, 7) is 0. The maximum atomic E-state index is 14.4. The minimum absolute atomic E-state index is 0.264. The zero-order valence-corrected chi connectivity index (χ0v) is 24.4. The quantitative estimate of drug-likeness (QED) is 0.201. The van der Waals surface area contributed by atoms with Crippen LogP contribution in [0.15, 0.2) is 152 Å². The molecule has 4 heteroatoms. The van der Waals surface area contributed by atoms with Gasteiger partial charge in [-0.2, -0.15) is 0 Å². The average molecular weight is 585 g/mol. The molecule has 0 amide bonds. The Hall–Kier alpha value is -5.45. The van der Waals surface area contributed by atoms with Gasteiger partial charge in [0.1, 0.15) is 5.82 Å². The van der Waals surface area contributed by atoms with Gasteiger partial charge in [0.2, 0.25) is 0 Å². The Morgan fingerprint density at radius 3 is 1.73 bits per heavy atom. The predicted octanol–water partition coefficient (Wildman–Crippen LogP) is 11.3. The smallest absolute Gasteiger partial charge is 0.160 e. The molecule has 0 unspecified atom stereocenters. The van der Waals surface area contributed by atoms with Crippen molar-refractivity contribution in [3.8, 4) is 56.2 Å². The van der Waals surface area contributed by atoms with Crippen LogP contribution in [0.3, 0.4) is 0 Å². The lowest BCUT2D eigenvalue weighted by Gasteiger charge is -2.13. The summed E-state index contributed by atoms with van der Waals surface area (Å²) in [4.78, 5) is 10.1. The van der Waals surface area contributed by atoms with E-state index in [1.165, 1.54) is 26.2 Å². The molecule has 0 aliphatic heterocycles. The number of benzene rings is 6. The molecule has 8 aromatic rings. The lowest BCUT2D eigenvalue weighted by atomic mass is 9.94. The van der Waals surface area contributed by atoms with Crippen molar-refractivity contribution in [2.24, 2.45) is 0 Å². The summed E-state index contributed by atoms with van der Waals surface area (Å²) >= 11 is 1.81. The number of thiophene rings is 1. The van der Waals surface area contributed by atoms with Gasteiger partial charge < -0.3 is 0 Å². The topological polar surface area (TPSA) is 25.8 Å². The molecule has 6 aromatic carbocycles. The number of fused-ring (bicyclic) bond motifs is 3. The van der Waals surface area contributed by atoms with Crippen LogP contribution in [0.4, 0.5) is 4.39 Å². The van der Waals surface area contributed by atoms with E-state index in [4.69, 9.17) is 9.97 Å². The molecule has 2 aromatic heterocycles. The monoisotopic (exact) mass is 584 g/mol. The van der Waals surface area contributed by atoms with E-state index >= 15 is 0 Å². The van der Waals surface area contributed by atoms with Gasteiger partial charge in [0.25, 0.3) is 0 Å². The van der Waals surface area contributed by atoms with Crippen LogP contribution in [0.2, 0.25) is 0 Å². The Morgan fingerprint density at radius 2 is 0.977 bits per heavy atom. The third-order valence-electron chi connectivity index (χ3n) is 7.92.